The van der Waals surface area contributed by atoms with Gasteiger partial charge >= 0.3 is 0 Å². The summed E-state index contributed by atoms with van der Waals surface area (Å²) < 4.78 is 5.17. The van der Waals surface area contributed by atoms with E-state index in [9.17, 15) is 4.79 Å². The molecule has 0 spiro atoms. The lowest BCUT2D eigenvalue weighted by Crippen LogP contribution is -2.02. The molecule has 0 fully saturated rings. The van der Waals surface area contributed by atoms with Crippen molar-refractivity contribution in [1.29, 1.82) is 0 Å². The van der Waals surface area contributed by atoms with Crippen molar-refractivity contribution in [3.63, 3.8) is 0 Å². The van der Waals surface area contributed by atoms with Crippen LogP contribution >= 0.6 is 0 Å². The zero-order valence-electron chi connectivity index (χ0n) is 12.7. The molecule has 4 nitrogen and oxygen atoms in total. The van der Waals surface area contributed by atoms with Gasteiger partial charge in [-0.15, -0.1) is 0 Å². The quantitative estimate of drug-likeness (QED) is 0.451. The molecule has 1 heterocycles. The van der Waals surface area contributed by atoms with Crippen molar-refractivity contribution in [2.24, 2.45) is 0 Å². The second kappa shape index (κ2) is 5.93. The number of fused-ring (bicyclic) bond motifs is 1. The van der Waals surface area contributed by atoms with Gasteiger partial charge in [-0.05, 0) is 42.5 Å². The maximum absolute atomic E-state index is 12.2. The Hall–Kier alpha value is -3.14. The van der Waals surface area contributed by atoms with Crippen LogP contribution in [-0.2, 0) is 0 Å². The van der Waals surface area contributed by atoms with E-state index in [-0.39, 0.29) is 5.78 Å². The summed E-state index contributed by atoms with van der Waals surface area (Å²) in [5.41, 5.74) is 9.19. The number of aromatic nitrogens is 1. The average Bonchev–Trinajstić information content (AvgIpc) is 2.60. The van der Waals surface area contributed by atoms with Gasteiger partial charge in [-0.2, -0.15) is 0 Å². The summed E-state index contributed by atoms with van der Waals surface area (Å²) in [6, 6.07) is 14.7. The number of ketones is 1. The van der Waals surface area contributed by atoms with E-state index < -0.39 is 0 Å². The molecule has 0 bridgehead atoms. The first kappa shape index (κ1) is 14.8. The molecule has 0 saturated heterocycles. The average molecular weight is 304 g/mol. The molecule has 23 heavy (non-hydrogen) atoms. The molecule has 0 aliphatic heterocycles. The maximum atomic E-state index is 12.2. The van der Waals surface area contributed by atoms with Crippen LogP contribution in [0.3, 0.4) is 0 Å². The molecule has 4 heteroatoms. The number of anilines is 1. The predicted molar refractivity (Wildman–Crippen MR) is 92.7 cm³/mol. The minimum Gasteiger partial charge on any atom is -0.497 e. The molecule has 0 saturated carbocycles. The topological polar surface area (TPSA) is 65.2 Å². The van der Waals surface area contributed by atoms with Gasteiger partial charge in [0.15, 0.2) is 5.78 Å². The lowest BCUT2D eigenvalue weighted by atomic mass is 10.00. The van der Waals surface area contributed by atoms with Crippen molar-refractivity contribution < 1.29 is 9.53 Å². The zero-order chi connectivity index (χ0) is 16.4. The third kappa shape index (κ3) is 2.66. The molecular formula is C19H16N2O2. The van der Waals surface area contributed by atoms with E-state index in [1.165, 1.54) is 6.08 Å². The number of para-hydroxylation sites is 1. The summed E-state index contributed by atoms with van der Waals surface area (Å²) >= 11 is 0. The summed E-state index contributed by atoms with van der Waals surface area (Å²) in [7, 11) is 1.61. The van der Waals surface area contributed by atoms with Crippen molar-refractivity contribution in [2.75, 3.05) is 12.8 Å². The lowest BCUT2D eigenvalue weighted by Gasteiger charge is -2.11. The molecule has 3 aromatic rings. The normalized spacial score (nSPS) is 10.5. The number of methoxy groups -OCH3 is 1. The summed E-state index contributed by atoms with van der Waals surface area (Å²) in [4.78, 5) is 16.9. The van der Waals surface area contributed by atoms with E-state index in [2.05, 4.69) is 11.6 Å². The van der Waals surface area contributed by atoms with Gasteiger partial charge in [0.1, 0.15) is 5.75 Å². The van der Waals surface area contributed by atoms with Crippen molar-refractivity contribution >= 4 is 22.4 Å². The van der Waals surface area contributed by atoms with Gasteiger partial charge in [0.2, 0.25) is 0 Å². The fraction of sp³-hybridized carbons (Fsp3) is 0.0526. The summed E-state index contributed by atoms with van der Waals surface area (Å²) in [6.45, 7) is 3.57. The summed E-state index contributed by atoms with van der Waals surface area (Å²) in [5, 5.41) is 0.826. The highest BCUT2D eigenvalue weighted by molar-refractivity contribution is 6.10. The van der Waals surface area contributed by atoms with Gasteiger partial charge < -0.3 is 10.5 Å². The second-order valence-corrected chi connectivity index (χ2v) is 5.10. The number of nitrogens with two attached hydrogens (primary N) is 1. The Labute approximate surface area is 134 Å². The molecule has 0 radical (unpaired) electrons. The minimum atomic E-state index is -0.173. The first-order valence-electron chi connectivity index (χ1n) is 7.14. The van der Waals surface area contributed by atoms with Gasteiger partial charge in [0.25, 0.3) is 0 Å². The summed E-state index contributed by atoms with van der Waals surface area (Å²) in [5.74, 6) is 0.568. The molecule has 1 aromatic heterocycles. The van der Waals surface area contributed by atoms with E-state index in [4.69, 9.17) is 10.5 Å². The van der Waals surface area contributed by atoms with Gasteiger partial charge in [0, 0.05) is 16.5 Å². The number of hydrogen-bond donors (Lipinski definition) is 1. The fourth-order valence-electron chi connectivity index (χ4n) is 2.49. The molecule has 2 aromatic carbocycles. The first-order valence-corrected chi connectivity index (χ1v) is 7.14. The molecule has 0 unspecified atom stereocenters. The zero-order valence-corrected chi connectivity index (χ0v) is 12.7. The Balaban J connectivity index is 2.28. The first-order chi connectivity index (χ1) is 11.1. The predicted octanol–water partition coefficient (Wildman–Crippen LogP) is 3.86. The van der Waals surface area contributed by atoms with E-state index in [1.54, 1.807) is 13.2 Å². The third-order valence-corrected chi connectivity index (χ3v) is 3.69. The van der Waals surface area contributed by atoms with Gasteiger partial charge in [0.05, 0.1) is 24.0 Å². The molecule has 2 N–H and O–H groups in total. The highest BCUT2D eigenvalue weighted by Gasteiger charge is 2.15. The third-order valence-electron chi connectivity index (χ3n) is 3.69. The number of ether oxygens (including phenoxy) is 1. The largest absolute Gasteiger partial charge is 0.497 e. The number of rotatable bonds is 4. The molecule has 114 valence electrons. The number of benzene rings is 2. The Morgan fingerprint density at radius 3 is 2.61 bits per heavy atom. The molecule has 0 aliphatic carbocycles. The molecule has 3 rings (SSSR count). The molecule has 0 amide bonds. The molecule has 0 atom stereocenters. The van der Waals surface area contributed by atoms with Crippen LogP contribution in [0.5, 0.6) is 5.75 Å². The van der Waals surface area contributed by atoms with Crippen LogP contribution in [0.15, 0.2) is 61.2 Å². The molecular weight excluding hydrogens is 288 g/mol. The SMILES string of the molecule is C=CC(=O)c1cc2cccc(N)c2nc1-c1ccc(OC)cc1. The van der Waals surface area contributed by atoms with Crippen LogP contribution in [-0.4, -0.2) is 17.9 Å². The number of carbonyl (C=O) groups excluding carboxylic acids is 1. The van der Waals surface area contributed by atoms with E-state index in [0.717, 1.165) is 16.7 Å². The summed E-state index contributed by atoms with van der Waals surface area (Å²) in [6.07, 6.45) is 1.29. The van der Waals surface area contributed by atoms with Gasteiger partial charge in [-0.25, -0.2) is 4.98 Å². The Morgan fingerprint density at radius 2 is 1.96 bits per heavy atom. The lowest BCUT2D eigenvalue weighted by molar-refractivity contribution is 0.104. The van der Waals surface area contributed by atoms with Crippen LogP contribution < -0.4 is 10.5 Å². The number of nitrogens with zero attached hydrogens (tertiary/aromatic N) is 1. The number of allylic oxidation sites excluding steroid dienone is 1. The van der Waals surface area contributed by atoms with Crippen molar-refractivity contribution in [1.82, 2.24) is 4.98 Å². The number of nitrogen functional groups attached to an aromatic ring is 1. The minimum absolute atomic E-state index is 0.173. The van der Waals surface area contributed by atoms with E-state index >= 15 is 0 Å². The fourth-order valence-corrected chi connectivity index (χ4v) is 2.49. The smallest absolute Gasteiger partial charge is 0.187 e. The number of carbonyl (C=O) groups is 1. The van der Waals surface area contributed by atoms with Crippen molar-refractivity contribution in [3.05, 3.63) is 66.7 Å². The van der Waals surface area contributed by atoms with Crippen molar-refractivity contribution in [3.8, 4) is 17.0 Å². The highest BCUT2D eigenvalue weighted by Crippen LogP contribution is 2.29. The highest BCUT2D eigenvalue weighted by atomic mass is 16.5. The Morgan fingerprint density at radius 1 is 1.22 bits per heavy atom. The second-order valence-electron chi connectivity index (χ2n) is 5.10. The van der Waals surface area contributed by atoms with Crippen LogP contribution in [0.4, 0.5) is 5.69 Å². The van der Waals surface area contributed by atoms with E-state index in [1.807, 2.05) is 42.5 Å². The van der Waals surface area contributed by atoms with E-state index in [0.29, 0.717) is 22.5 Å². The van der Waals surface area contributed by atoms with Crippen LogP contribution in [0, 0.1) is 0 Å². The Kier molecular flexibility index (Phi) is 3.81. The van der Waals surface area contributed by atoms with Crippen LogP contribution in [0.1, 0.15) is 10.4 Å². The monoisotopic (exact) mass is 304 g/mol. The number of pyridine rings is 1. The van der Waals surface area contributed by atoms with Gasteiger partial charge in [-0.1, -0.05) is 18.7 Å². The standard InChI is InChI=1S/C19H16N2O2/c1-3-17(22)15-11-13-5-4-6-16(20)19(13)21-18(15)12-7-9-14(23-2)10-8-12/h3-11H,1,20H2,2H3. The van der Waals surface area contributed by atoms with Crippen LogP contribution in [0.2, 0.25) is 0 Å². The molecule has 0 aliphatic rings. The maximum Gasteiger partial charge on any atom is 0.187 e. The number of hydrogen-bond acceptors (Lipinski definition) is 4. The van der Waals surface area contributed by atoms with Crippen molar-refractivity contribution in [2.45, 2.75) is 0 Å². The Bertz CT molecular complexity index is 899. The van der Waals surface area contributed by atoms with Crippen LogP contribution in [0.25, 0.3) is 22.2 Å². The van der Waals surface area contributed by atoms with Gasteiger partial charge in [-0.3, -0.25) is 4.79 Å².